The summed E-state index contributed by atoms with van der Waals surface area (Å²) in [6.07, 6.45) is 2.40. The lowest BCUT2D eigenvalue weighted by atomic mass is 10.0. The van der Waals surface area contributed by atoms with Gasteiger partial charge in [-0.2, -0.15) is 8.42 Å². The summed E-state index contributed by atoms with van der Waals surface area (Å²) < 4.78 is 36.6. The Morgan fingerprint density at radius 1 is 1.16 bits per heavy atom. The van der Waals surface area contributed by atoms with Crippen LogP contribution < -0.4 is 20.5 Å². The first-order valence-corrected chi connectivity index (χ1v) is 17.4. The highest BCUT2D eigenvalue weighted by Crippen LogP contribution is 2.30. The Morgan fingerprint density at radius 3 is 2.57 bits per heavy atom. The summed E-state index contributed by atoms with van der Waals surface area (Å²) in [4.78, 5) is 34.1. The fourth-order valence-corrected chi connectivity index (χ4v) is 6.73. The number of hydrogen-bond acceptors (Lipinski definition) is 9. The lowest BCUT2D eigenvalue weighted by molar-refractivity contribution is -0.134. The predicted octanol–water partition coefficient (Wildman–Crippen LogP) is 3.34. The molecule has 1 aromatic heterocycles. The van der Waals surface area contributed by atoms with Gasteiger partial charge in [0.25, 0.3) is 15.9 Å². The second-order valence-electron chi connectivity index (χ2n) is 12.6. The quantitative estimate of drug-likeness (QED) is 0.172. The Kier molecular flexibility index (Phi) is 10.9. The minimum absolute atomic E-state index is 0.0368. The van der Waals surface area contributed by atoms with E-state index in [-0.39, 0.29) is 47.6 Å². The topological polar surface area (TPSA) is 172 Å². The standard InChI is InChI=1S/C35H43N7O6S/c1-23-17-42(24(2)21-43)34(44)16-27-15-28(39-49(46,47)33-20-41(4)22-37-33)13-14-31(27)48-32(23)19-40(3)18-25-9-11-26(12-10-25)35(45)38-30-8-6-5-7-29(30)36/h5-15,20,22-24,32,39,43H,16-19,21,36H2,1-4H3,(H,38,45)/t23-,24+,32+/m1/s1. The minimum atomic E-state index is -3.96. The molecule has 0 radical (unpaired) electrons. The van der Waals surface area contributed by atoms with E-state index in [2.05, 4.69) is 19.9 Å². The Balaban J connectivity index is 1.32. The molecular weight excluding hydrogens is 646 g/mol. The number of aliphatic hydroxyl groups is 1. The molecule has 5 N–H and O–H groups in total. The van der Waals surface area contributed by atoms with Crippen LogP contribution in [0.4, 0.5) is 17.1 Å². The van der Waals surface area contributed by atoms with Crippen LogP contribution in [0, 0.1) is 5.92 Å². The first kappa shape index (κ1) is 35.4. The van der Waals surface area contributed by atoms with Gasteiger partial charge in [-0.25, -0.2) is 4.98 Å². The number of nitrogen functional groups attached to an aromatic ring is 1. The zero-order valence-corrected chi connectivity index (χ0v) is 28.9. The third-order valence-corrected chi connectivity index (χ3v) is 9.76. The molecule has 2 heterocycles. The molecule has 14 heteroatoms. The third kappa shape index (κ3) is 8.76. The van der Waals surface area contributed by atoms with Crippen LogP contribution in [-0.2, 0) is 34.8 Å². The number of fused-ring (bicyclic) bond motifs is 1. The lowest BCUT2D eigenvalue weighted by Crippen LogP contribution is -2.47. The number of rotatable bonds is 11. The molecule has 5 rings (SSSR count). The van der Waals surface area contributed by atoms with Gasteiger partial charge in [-0.3, -0.25) is 19.2 Å². The maximum Gasteiger partial charge on any atom is 0.280 e. The average molecular weight is 690 g/mol. The number of carbonyl (C=O) groups excluding carboxylic acids is 2. The van der Waals surface area contributed by atoms with Crippen molar-refractivity contribution in [3.05, 3.63) is 95.9 Å². The summed E-state index contributed by atoms with van der Waals surface area (Å²) in [5, 5.41) is 12.7. The fraction of sp³-hybridized carbons (Fsp3) is 0.343. The number of carbonyl (C=O) groups is 2. The van der Waals surface area contributed by atoms with Crippen LogP contribution in [0.3, 0.4) is 0 Å². The van der Waals surface area contributed by atoms with Crippen molar-refractivity contribution in [3.8, 4) is 5.75 Å². The molecule has 0 unspecified atom stereocenters. The van der Waals surface area contributed by atoms with Crippen LogP contribution in [0.15, 0.2) is 84.3 Å². The zero-order valence-electron chi connectivity index (χ0n) is 28.0. The fourth-order valence-electron chi connectivity index (χ4n) is 5.70. The Bertz CT molecular complexity index is 1900. The number of nitrogens with one attached hydrogen (secondary N) is 2. The minimum Gasteiger partial charge on any atom is -0.488 e. The Hall–Kier alpha value is -4.92. The number of sulfonamides is 1. The molecule has 1 aliphatic rings. The molecule has 0 saturated heterocycles. The molecule has 0 aliphatic carbocycles. The summed E-state index contributed by atoms with van der Waals surface area (Å²) >= 11 is 0. The summed E-state index contributed by atoms with van der Waals surface area (Å²) in [5.74, 6) is -0.0956. The average Bonchev–Trinajstić information content (AvgIpc) is 3.53. The van der Waals surface area contributed by atoms with Crippen molar-refractivity contribution in [1.82, 2.24) is 19.4 Å². The number of nitrogens with zero attached hydrogens (tertiary/aromatic N) is 4. The molecule has 3 atom stereocenters. The molecule has 2 amide bonds. The maximum absolute atomic E-state index is 13.6. The van der Waals surface area contributed by atoms with Gasteiger partial charge in [-0.15, -0.1) is 0 Å². The number of ether oxygens (including phenoxy) is 1. The molecule has 1 aliphatic heterocycles. The van der Waals surface area contributed by atoms with Crippen LogP contribution in [0.1, 0.15) is 35.3 Å². The molecule has 3 aromatic carbocycles. The largest absolute Gasteiger partial charge is 0.488 e. The number of benzene rings is 3. The summed E-state index contributed by atoms with van der Waals surface area (Å²) in [6.45, 7) is 5.03. The Labute approximate surface area is 286 Å². The van der Waals surface area contributed by atoms with Crippen molar-refractivity contribution < 1.29 is 27.9 Å². The summed E-state index contributed by atoms with van der Waals surface area (Å²) in [6, 6.07) is 18.9. The number of nitrogens with two attached hydrogens (primary N) is 1. The number of hydrogen-bond donors (Lipinski definition) is 4. The number of amides is 2. The van der Waals surface area contributed by atoms with Crippen molar-refractivity contribution in [2.45, 2.75) is 44.0 Å². The molecule has 0 bridgehead atoms. The highest BCUT2D eigenvalue weighted by molar-refractivity contribution is 7.92. The number of likely N-dealkylation sites (N-methyl/N-ethyl adjacent to an activating group) is 1. The second-order valence-corrected chi connectivity index (χ2v) is 14.3. The number of imidazole rings is 1. The number of para-hydroxylation sites is 2. The maximum atomic E-state index is 13.6. The number of anilines is 3. The van der Waals surface area contributed by atoms with E-state index in [1.54, 1.807) is 73.5 Å². The highest BCUT2D eigenvalue weighted by atomic mass is 32.2. The Morgan fingerprint density at radius 2 is 1.90 bits per heavy atom. The number of aromatic nitrogens is 2. The molecule has 4 aromatic rings. The monoisotopic (exact) mass is 689 g/mol. The van der Waals surface area contributed by atoms with Gasteiger partial charge in [-0.1, -0.05) is 31.2 Å². The van der Waals surface area contributed by atoms with Crippen molar-refractivity contribution in [1.29, 1.82) is 0 Å². The number of aryl methyl sites for hydroxylation is 1. The van der Waals surface area contributed by atoms with Crippen molar-refractivity contribution in [2.75, 3.05) is 42.5 Å². The van der Waals surface area contributed by atoms with E-state index in [0.717, 1.165) is 5.56 Å². The van der Waals surface area contributed by atoms with Gasteiger partial charge in [0.2, 0.25) is 5.91 Å². The zero-order chi connectivity index (χ0) is 35.3. The molecule has 260 valence electrons. The van der Waals surface area contributed by atoms with Gasteiger partial charge in [0.05, 0.1) is 36.8 Å². The molecular formula is C35H43N7O6S. The number of aliphatic hydroxyl groups excluding tert-OH is 1. The van der Waals surface area contributed by atoms with Gasteiger partial charge in [-0.05, 0) is 62.0 Å². The molecule has 0 saturated carbocycles. The normalized spacial score (nSPS) is 17.3. The first-order chi connectivity index (χ1) is 23.3. The van der Waals surface area contributed by atoms with Crippen LogP contribution in [0.25, 0.3) is 0 Å². The lowest BCUT2D eigenvalue weighted by Gasteiger charge is -2.34. The molecule has 13 nitrogen and oxygen atoms in total. The van der Waals surface area contributed by atoms with E-state index in [1.165, 1.54) is 17.1 Å². The SMILES string of the molecule is C[C@@H]1CN([C@@H](C)CO)C(=O)Cc2cc(NS(=O)(=O)c3cn(C)cn3)ccc2O[C@H]1CN(C)Cc1ccc(C(=O)Nc2ccccc2N)cc1. The van der Waals surface area contributed by atoms with Gasteiger partial charge >= 0.3 is 0 Å². The first-order valence-electron chi connectivity index (χ1n) is 16.0. The molecule has 0 spiro atoms. The van der Waals surface area contributed by atoms with Crippen LogP contribution in [0.5, 0.6) is 5.75 Å². The smallest absolute Gasteiger partial charge is 0.280 e. The molecule has 49 heavy (non-hydrogen) atoms. The van der Waals surface area contributed by atoms with E-state index in [4.69, 9.17) is 10.5 Å². The van der Waals surface area contributed by atoms with Crippen molar-refractivity contribution in [2.24, 2.45) is 13.0 Å². The summed E-state index contributed by atoms with van der Waals surface area (Å²) in [5.41, 5.74) is 9.29. The van der Waals surface area contributed by atoms with Gasteiger partial charge in [0.1, 0.15) is 11.9 Å². The van der Waals surface area contributed by atoms with Gasteiger partial charge < -0.3 is 30.4 Å². The van der Waals surface area contributed by atoms with Crippen LogP contribution in [0.2, 0.25) is 0 Å². The van der Waals surface area contributed by atoms with E-state index in [1.807, 2.05) is 26.1 Å². The van der Waals surface area contributed by atoms with E-state index in [9.17, 15) is 23.1 Å². The highest BCUT2D eigenvalue weighted by Gasteiger charge is 2.31. The van der Waals surface area contributed by atoms with E-state index >= 15 is 0 Å². The van der Waals surface area contributed by atoms with Crippen LogP contribution >= 0.6 is 0 Å². The van der Waals surface area contributed by atoms with E-state index in [0.29, 0.717) is 47.9 Å². The van der Waals surface area contributed by atoms with Crippen molar-refractivity contribution in [3.63, 3.8) is 0 Å². The van der Waals surface area contributed by atoms with E-state index < -0.39 is 16.1 Å². The molecule has 0 fully saturated rings. The second kappa shape index (κ2) is 15.1. The van der Waals surface area contributed by atoms with Gasteiger partial charge in [0, 0.05) is 55.6 Å². The summed E-state index contributed by atoms with van der Waals surface area (Å²) in [7, 11) is -0.310. The van der Waals surface area contributed by atoms with Crippen molar-refractivity contribution >= 4 is 38.9 Å². The third-order valence-electron chi connectivity index (χ3n) is 8.49. The van der Waals surface area contributed by atoms with Crippen LogP contribution in [-0.4, -0.2) is 83.6 Å². The van der Waals surface area contributed by atoms with Gasteiger partial charge in [0.15, 0.2) is 5.03 Å². The predicted molar refractivity (Wildman–Crippen MR) is 188 cm³/mol.